The molecule has 0 saturated carbocycles. The maximum Gasteiger partial charge on any atom is 0.318 e. The Morgan fingerprint density at radius 2 is 2.10 bits per heavy atom. The second-order valence-electron chi connectivity index (χ2n) is 4.65. The van der Waals surface area contributed by atoms with E-state index in [-0.39, 0.29) is 6.04 Å². The molecule has 0 aliphatic heterocycles. The summed E-state index contributed by atoms with van der Waals surface area (Å²) >= 11 is 0. The van der Waals surface area contributed by atoms with E-state index < -0.39 is 0 Å². The predicted octanol–water partition coefficient (Wildman–Crippen LogP) is 1.06. The molecule has 0 radical (unpaired) electrons. The minimum absolute atomic E-state index is 0.145. The van der Waals surface area contributed by atoms with Crippen molar-refractivity contribution in [2.45, 2.75) is 32.9 Å². The van der Waals surface area contributed by atoms with E-state index in [1.165, 1.54) is 0 Å². The van der Waals surface area contributed by atoms with E-state index in [1.54, 1.807) is 14.2 Å². The van der Waals surface area contributed by atoms with Gasteiger partial charge in [-0.3, -0.25) is 0 Å². The summed E-state index contributed by atoms with van der Waals surface area (Å²) in [4.78, 5) is 2.00. The fraction of sp³-hybridized carbons (Fsp3) is 0.846. The molecule has 0 saturated heterocycles. The summed E-state index contributed by atoms with van der Waals surface area (Å²) < 4.78 is 16.0. The van der Waals surface area contributed by atoms with Gasteiger partial charge >= 0.3 is 6.01 Å². The van der Waals surface area contributed by atoms with Gasteiger partial charge in [-0.2, -0.15) is 0 Å². The van der Waals surface area contributed by atoms with Crippen LogP contribution >= 0.6 is 0 Å². The van der Waals surface area contributed by atoms with Crippen molar-refractivity contribution in [1.29, 1.82) is 0 Å². The highest BCUT2D eigenvalue weighted by atomic mass is 16.5. The predicted molar refractivity (Wildman–Crippen MR) is 76.9 cm³/mol. The second kappa shape index (κ2) is 9.68. The Balaban J connectivity index is 2.64. The highest BCUT2D eigenvalue weighted by Gasteiger charge is 2.20. The monoisotopic (exact) mass is 286 g/mol. The number of methoxy groups -OCH3 is 2. The highest BCUT2D eigenvalue weighted by molar-refractivity contribution is 5.26. The topological polar surface area (TPSA) is 72.7 Å². The van der Waals surface area contributed by atoms with Crippen molar-refractivity contribution in [3.63, 3.8) is 0 Å². The quantitative estimate of drug-likeness (QED) is 0.610. The summed E-state index contributed by atoms with van der Waals surface area (Å²) in [5, 5.41) is 11.4. The minimum atomic E-state index is 0.145. The fourth-order valence-electron chi connectivity index (χ4n) is 1.83. The first kappa shape index (κ1) is 16.9. The minimum Gasteiger partial charge on any atom is -0.407 e. The number of ether oxygens (including phenoxy) is 2. The first-order chi connectivity index (χ1) is 9.72. The molecule has 1 unspecified atom stereocenters. The molecule has 1 aromatic heterocycles. The Labute approximate surface area is 120 Å². The second-order valence-corrected chi connectivity index (χ2v) is 4.65. The average Bonchev–Trinajstić information content (AvgIpc) is 2.88. The van der Waals surface area contributed by atoms with Gasteiger partial charge in [-0.05, 0) is 19.9 Å². The molecule has 0 aliphatic rings. The van der Waals surface area contributed by atoms with E-state index in [4.69, 9.17) is 13.9 Å². The van der Waals surface area contributed by atoms with Gasteiger partial charge in [0.05, 0.1) is 25.8 Å². The van der Waals surface area contributed by atoms with Gasteiger partial charge in [-0.1, -0.05) is 12.0 Å². The number of hydrogen-bond acceptors (Lipinski definition) is 7. The Bertz CT molecular complexity index is 359. The molecule has 1 N–H and O–H groups in total. The molecule has 0 aromatic carbocycles. The van der Waals surface area contributed by atoms with Gasteiger partial charge in [0.2, 0.25) is 5.89 Å². The Morgan fingerprint density at radius 1 is 1.30 bits per heavy atom. The van der Waals surface area contributed by atoms with Crippen LogP contribution in [0.25, 0.3) is 0 Å². The molecule has 7 nitrogen and oxygen atoms in total. The molecule has 1 rings (SSSR count). The summed E-state index contributed by atoms with van der Waals surface area (Å²) in [6, 6.07) is 0.659. The van der Waals surface area contributed by atoms with Crippen molar-refractivity contribution in [3.8, 4) is 0 Å². The van der Waals surface area contributed by atoms with E-state index in [0.29, 0.717) is 38.2 Å². The maximum atomic E-state index is 5.69. The van der Waals surface area contributed by atoms with Crippen LogP contribution in [0.5, 0.6) is 0 Å². The van der Waals surface area contributed by atoms with Crippen LogP contribution in [0.2, 0.25) is 0 Å². The van der Waals surface area contributed by atoms with Crippen LogP contribution < -0.4 is 10.2 Å². The molecule has 7 heteroatoms. The normalized spacial score (nSPS) is 12.6. The molecule has 1 heterocycles. The van der Waals surface area contributed by atoms with E-state index in [2.05, 4.69) is 29.4 Å². The molecule has 1 aromatic rings. The van der Waals surface area contributed by atoms with Crippen LogP contribution in [0.1, 0.15) is 26.2 Å². The van der Waals surface area contributed by atoms with E-state index in [9.17, 15) is 0 Å². The van der Waals surface area contributed by atoms with Crippen LogP contribution in [0.15, 0.2) is 4.42 Å². The summed E-state index contributed by atoms with van der Waals surface area (Å²) in [5.74, 6) is 0.598. The lowest BCUT2D eigenvalue weighted by Gasteiger charge is -2.26. The Hall–Kier alpha value is -1.18. The molecule has 0 aliphatic carbocycles. The van der Waals surface area contributed by atoms with Crippen LogP contribution in [0, 0.1) is 0 Å². The number of rotatable bonds is 11. The van der Waals surface area contributed by atoms with Gasteiger partial charge in [-0.15, -0.1) is 5.10 Å². The van der Waals surface area contributed by atoms with Crippen molar-refractivity contribution in [2.24, 2.45) is 0 Å². The molecule has 20 heavy (non-hydrogen) atoms. The molecule has 1 atom stereocenters. The van der Waals surface area contributed by atoms with Gasteiger partial charge in [0.25, 0.3) is 0 Å². The summed E-state index contributed by atoms with van der Waals surface area (Å²) in [7, 11) is 3.35. The van der Waals surface area contributed by atoms with Crippen LogP contribution in [-0.2, 0) is 16.0 Å². The SMILES string of the molecule is CCCNCc1nnc(N(CCOC)C(C)COC)o1. The van der Waals surface area contributed by atoms with Crippen LogP contribution in [-0.4, -0.2) is 56.8 Å². The van der Waals surface area contributed by atoms with E-state index >= 15 is 0 Å². The van der Waals surface area contributed by atoms with Crippen molar-refractivity contribution in [1.82, 2.24) is 15.5 Å². The third kappa shape index (κ3) is 5.44. The summed E-state index contributed by atoms with van der Waals surface area (Å²) in [5.41, 5.74) is 0. The Morgan fingerprint density at radius 3 is 2.75 bits per heavy atom. The molecular formula is C13H26N4O3. The fourth-order valence-corrected chi connectivity index (χ4v) is 1.83. The smallest absolute Gasteiger partial charge is 0.318 e. The standard InChI is InChI=1S/C13H26N4O3/c1-5-6-14-9-12-15-16-13(20-12)17(7-8-18-3)11(2)10-19-4/h11,14H,5-10H2,1-4H3. The molecule has 0 amide bonds. The first-order valence-electron chi connectivity index (χ1n) is 7.00. The van der Waals surface area contributed by atoms with Crippen molar-refractivity contribution in [3.05, 3.63) is 5.89 Å². The van der Waals surface area contributed by atoms with E-state index in [0.717, 1.165) is 13.0 Å². The van der Waals surface area contributed by atoms with Gasteiger partial charge in [0, 0.05) is 20.8 Å². The zero-order chi connectivity index (χ0) is 14.8. The molecular weight excluding hydrogens is 260 g/mol. The summed E-state index contributed by atoms with van der Waals surface area (Å²) in [6.45, 7) is 7.58. The third-order valence-corrected chi connectivity index (χ3v) is 2.88. The van der Waals surface area contributed by atoms with Crippen LogP contribution in [0.4, 0.5) is 6.01 Å². The number of anilines is 1. The summed E-state index contributed by atoms with van der Waals surface area (Å²) in [6.07, 6.45) is 1.08. The number of nitrogens with one attached hydrogen (secondary N) is 1. The van der Waals surface area contributed by atoms with Gasteiger partial charge in [0.15, 0.2) is 0 Å². The highest BCUT2D eigenvalue weighted by Crippen LogP contribution is 2.15. The zero-order valence-corrected chi connectivity index (χ0v) is 12.9. The van der Waals surface area contributed by atoms with Gasteiger partial charge in [0.1, 0.15) is 0 Å². The number of aromatic nitrogens is 2. The van der Waals surface area contributed by atoms with E-state index in [1.807, 2.05) is 4.90 Å². The van der Waals surface area contributed by atoms with Gasteiger partial charge in [-0.25, -0.2) is 0 Å². The molecule has 0 bridgehead atoms. The van der Waals surface area contributed by atoms with Crippen molar-refractivity contribution < 1.29 is 13.9 Å². The largest absolute Gasteiger partial charge is 0.407 e. The maximum absolute atomic E-state index is 5.69. The molecule has 0 spiro atoms. The molecule has 116 valence electrons. The number of nitrogens with zero attached hydrogens (tertiary/aromatic N) is 3. The third-order valence-electron chi connectivity index (χ3n) is 2.88. The molecule has 0 fully saturated rings. The van der Waals surface area contributed by atoms with Crippen LogP contribution in [0.3, 0.4) is 0 Å². The number of hydrogen-bond donors (Lipinski definition) is 1. The van der Waals surface area contributed by atoms with Crippen molar-refractivity contribution >= 4 is 6.01 Å². The lowest BCUT2D eigenvalue weighted by atomic mass is 10.3. The van der Waals surface area contributed by atoms with Crippen molar-refractivity contribution in [2.75, 3.05) is 45.4 Å². The van der Waals surface area contributed by atoms with Gasteiger partial charge < -0.3 is 24.1 Å². The zero-order valence-electron chi connectivity index (χ0n) is 12.9. The first-order valence-corrected chi connectivity index (χ1v) is 7.00. The lowest BCUT2D eigenvalue weighted by Crippen LogP contribution is -2.38. The average molecular weight is 286 g/mol. The lowest BCUT2D eigenvalue weighted by molar-refractivity contribution is 0.168. The Kier molecular flexibility index (Phi) is 8.17.